The summed E-state index contributed by atoms with van der Waals surface area (Å²) in [4.78, 5) is 0. The van der Waals surface area contributed by atoms with Crippen LogP contribution in [-0.4, -0.2) is 58.6 Å². The van der Waals surface area contributed by atoms with Gasteiger partial charge in [0, 0.05) is 0 Å². The van der Waals surface area contributed by atoms with Crippen LogP contribution in [0.1, 0.15) is 19.3 Å². The van der Waals surface area contributed by atoms with Crippen molar-refractivity contribution in [3.8, 4) is 0 Å². The van der Waals surface area contributed by atoms with E-state index in [9.17, 15) is 0 Å². The summed E-state index contributed by atoms with van der Waals surface area (Å²) in [5.41, 5.74) is 15.2. The quantitative estimate of drug-likeness (QED) is 0.283. The Hall–Kier alpha value is 2.23. The number of hydrogen-bond acceptors (Lipinski definition) is 0. The first kappa shape index (κ1) is 21.2. The fourth-order valence-electron chi connectivity index (χ4n) is 2.17. The Morgan fingerprint density at radius 3 is 0.895 bits per heavy atom. The van der Waals surface area contributed by atoms with Crippen LogP contribution in [0.4, 0.5) is 0 Å². The molecule has 0 saturated carbocycles. The van der Waals surface area contributed by atoms with Crippen LogP contribution < -0.4 is 0 Å². The topological polar surface area (TPSA) is 0 Å². The molecule has 0 fully saturated rings. The zero-order chi connectivity index (χ0) is 14.7. The zero-order valence-corrected chi connectivity index (χ0v) is 21.7. The minimum absolute atomic E-state index is 0.338. The SMILES string of the molecule is C[As](C)CCC[As](CCC[As](C)C)CCC[As](C)C. The van der Waals surface area contributed by atoms with Crippen LogP contribution >= 0.6 is 0 Å². The van der Waals surface area contributed by atoms with Gasteiger partial charge in [0.05, 0.1) is 0 Å². The van der Waals surface area contributed by atoms with Gasteiger partial charge in [-0.15, -0.1) is 0 Å². The standard InChI is InChI=1S/C15H36As4/c1-16(2)10-7-13-19(14-8-11-17(3)4)15-9-12-18(5)6/h7-15H2,1-6H3. The maximum absolute atomic E-state index is 2.53. The molecule has 0 bridgehead atoms. The third-order valence-corrected chi connectivity index (χ3v) is 16.8. The number of hydrogen-bond donors (Lipinski definition) is 0. The average Bonchev–Trinajstić information content (AvgIpc) is 2.26. The van der Waals surface area contributed by atoms with Gasteiger partial charge >= 0.3 is 143 Å². The molecule has 0 saturated heterocycles. The summed E-state index contributed by atoms with van der Waals surface area (Å²) in [6.45, 7) is 0. The Morgan fingerprint density at radius 1 is 0.421 bits per heavy atom. The van der Waals surface area contributed by atoms with Crippen molar-refractivity contribution in [1.82, 2.24) is 0 Å². The molecule has 19 heavy (non-hydrogen) atoms. The molecule has 0 aromatic heterocycles. The predicted molar refractivity (Wildman–Crippen MR) is 101 cm³/mol. The maximum atomic E-state index is 2.53. The fraction of sp³-hybridized carbons (Fsp3) is 1.00. The molecule has 0 spiro atoms. The Kier molecular flexibility index (Phi) is 15.5. The normalized spacial score (nSPS) is 12.3. The van der Waals surface area contributed by atoms with Crippen molar-refractivity contribution >= 4 is 58.6 Å². The third kappa shape index (κ3) is 16.4. The molecular formula is C15H36As4. The summed E-state index contributed by atoms with van der Waals surface area (Å²) in [6.07, 6.45) is 4.81. The van der Waals surface area contributed by atoms with Gasteiger partial charge in [-0.05, 0) is 0 Å². The van der Waals surface area contributed by atoms with Gasteiger partial charge in [-0.2, -0.15) is 0 Å². The molecule has 0 radical (unpaired) electrons. The van der Waals surface area contributed by atoms with E-state index in [0.29, 0.717) is 0 Å². The summed E-state index contributed by atoms with van der Waals surface area (Å²) < 4.78 is 0. The molecule has 0 heterocycles. The zero-order valence-electron chi connectivity index (χ0n) is 14.2. The van der Waals surface area contributed by atoms with E-state index in [1.807, 2.05) is 0 Å². The second kappa shape index (κ2) is 13.9. The summed E-state index contributed by atoms with van der Waals surface area (Å²) in [5, 5.41) is 9.95. The van der Waals surface area contributed by atoms with Crippen LogP contribution in [0.5, 0.6) is 0 Å². The van der Waals surface area contributed by atoms with Gasteiger partial charge in [0.1, 0.15) is 0 Å². The van der Waals surface area contributed by atoms with E-state index in [-0.39, 0.29) is 44.0 Å². The van der Waals surface area contributed by atoms with Crippen molar-refractivity contribution in [3.05, 3.63) is 0 Å². The van der Waals surface area contributed by atoms with E-state index in [1.165, 1.54) is 0 Å². The van der Waals surface area contributed by atoms with E-state index >= 15 is 0 Å². The van der Waals surface area contributed by atoms with Crippen LogP contribution in [-0.2, 0) is 0 Å². The molecule has 0 aromatic carbocycles. The van der Waals surface area contributed by atoms with Gasteiger partial charge < -0.3 is 0 Å². The molecule has 0 atom stereocenters. The number of rotatable bonds is 12. The van der Waals surface area contributed by atoms with Gasteiger partial charge in [0.25, 0.3) is 0 Å². The van der Waals surface area contributed by atoms with E-state index in [4.69, 9.17) is 0 Å². The first-order valence-electron chi connectivity index (χ1n) is 7.58. The molecule has 0 amide bonds. The van der Waals surface area contributed by atoms with Crippen LogP contribution in [0.3, 0.4) is 0 Å². The van der Waals surface area contributed by atoms with E-state index in [1.54, 1.807) is 50.5 Å². The second-order valence-electron chi connectivity index (χ2n) is 6.31. The summed E-state index contributed by atoms with van der Waals surface area (Å²) in [6, 6.07) is 0. The molecule has 0 rings (SSSR count). The van der Waals surface area contributed by atoms with Crippen LogP contribution in [0.25, 0.3) is 0 Å². The monoisotopic (exact) mass is 516 g/mol. The van der Waals surface area contributed by atoms with Crippen LogP contribution in [0.15, 0.2) is 0 Å². The molecule has 0 aliphatic carbocycles. The van der Waals surface area contributed by atoms with E-state index in [0.717, 1.165) is 0 Å². The Balaban J connectivity index is 3.85. The molecule has 0 unspecified atom stereocenters. The first-order valence-corrected chi connectivity index (χ1v) is 26.8. The van der Waals surface area contributed by atoms with Crippen molar-refractivity contribution in [2.24, 2.45) is 0 Å². The Morgan fingerprint density at radius 2 is 0.684 bits per heavy atom. The molecule has 0 nitrogen and oxygen atoms in total. The molecule has 4 heteroatoms. The van der Waals surface area contributed by atoms with Crippen molar-refractivity contribution in [3.63, 3.8) is 0 Å². The Labute approximate surface area is 142 Å². The minimum atomic E-state index is -0.411. The summed E-state index contributed by atoms with van der Waals surface area (Å²) in [5.74, 6) is 0. The van der Waals surface area contributed by atoms with E-state index in [2.05, 4.69) is 34.3 Å². The second-order valence-corrected chi connectivity index (χ2v) is 28.3. The predicted octanol–water partition coefficient (Wildman–Crippen LogP) is 5.91. The van der Waals surface area contributed by atoms with Crippen LogP contribution in [0.2, 0.25) is 65.5 Å². The van der Waals surface area contributed by atoms with Gasteiger partial charge in [0.15, 0.2) is 0 Å². The molecule has 0 aliphatic heterocycles. The molecule has 0 aromatic rings. The van der Waals surface area contributed by atoms with Gasteiger partial charge in [-0.3, -0.25) is 0 Å². The van der Waals surface area contributed by atoms with Crippen LogP contribution in [0, 0.1) is 0 Å². The summed E-state index contributed by atoms with van der Waals surface area (Å²) >= 11 is -1.43. The molecule has 0 N–H and O–H groups in total. The van der Waals surface area contributed by atoms with Crippen molar-refractivity contribution in [2.75, 3.05) is 0 Å². The van der Waals surface area contributed by atoms with E-state index < -0.39 is 14.7 Å². The van der Waals surface area contributed by atoms with Crippen molar-refractivity contribution in [1.29, 1.82) is 0 Å². The third-order valence-electron chi connectivity index (χ3n) is 3.24. The average molecular weight is 516 g/mol. The summed E-state index contributed by atoms with van der Waals surface area (Å²) in [7, 11) is 0. The molecular weight excluding hydrogens is 480 g/mol. The molecule has 116 valence electrons. The first-order chi connectivity index (χ1) is 8.91. The van der Waals surface area contributed by atoms with Gasteiger partial charge in [-0.25, -0.2) is 0 Å². The van der Waals surface area contributed by atoms with Crippen molar-refractivity contribution in [2.45, 2.75) is 84.8 Å². The fourth-order valence-corrected chi connectivity index (χ4v) is 15.9. The van der Waals surface area contributed by atoms with Gasteiger partial charge in [-0.1, -0.05) is 0 Å². The van der Waals surface area contributed by atoms with Gasteiger partial charge in [0.2, 0.25) is 0 Å². The van der Waals surface area contributed by atoms with Crippen molar-refractivity contribution < 1.29 is 0 Å². The molecule has 0 aliphatic rings. The Bertz CT molecular complexity index is 159.